The van der Waals surface area contributed by atoms with Crippen molar-refractivity contribution in [2.45, 2.75) is 6.42 Å². The van der Waals surface area contributed by atoms with Crippen LogP contribution in [-0.4, -0.2) is 11.6 Å². The van der Waals surface area contributed by atoms with Gasteiger partial charge in [-0.25, -0.2) is 0 Å². The molecule has 0 fully saturated rings. The molecule has 0 unspecified atom stereocenters. The Hall–Kier alpha value is -1.83. The lowest BCUT2D eigenvalue weighted by molar-refractivity contribution is 0.320. The second-order valence-electron chi connectivity index (χ2n) is 3.49. The predicted molar refractivity (Wildman–Crippen MR) is 63.3 cm³/mol. The van der Waals surface area contributed by atoms with Crippen LogP contribution in [0.4, 0.5) is 0 Å². The molecular weight excluding hydrogens is 198 g/mol. The van der Waals surface area contributed by atoms with E-state index in [1.807, 2.05) is 42.5 Å². The summed E-state index contributed by atoms with van der Waals surface area (Å²) in [6.45, 7) is 6.26. The Bertz CT molecular complexity index is 439. The topological polar surface area (TPSA) is 22.1 Å². The summed E-state index contributed by atoms with van der Waals surface area (Å²) in [4.78, 5) is 4.22. The van der Waals surface area contributed by atoms with Gasteiger partial charge in [0.15, 0.2) is 0 Å². The molecule has 0 bridgehead atoms. The van der Waals surface area contributed by atoms with Crippen molar-refractivity contribution in [3.63, 3.8) is 0 Å². The summed E-state index contributed by atoms with van der Waals surface area (Å²) in [5.41, 5.74) is 1.75. The molecular formula is C14H13NO. The van der Waals surface area contributed by atoms with Gasteiger partial charge in [0.25, 0.3) is 0 Å². The Morgan fingerprint density at radius 1 is 1.12 bits per heavy atom. The molecule has 2 heteroatoms. The largest absolute Gasteiger partial charge is 0.493 e. The maximum atomic E-state index is 5.65. The third kappa shape index (κ3) is 3.09. The molecule has 2 nitrogen and oxygen atoms in total. The van der Waals surface area contributed by atoms with Crippen LogP contribution in [0.1, 0.15) is 11.3 Å². The smallest absolute Gasteiger partial charge is 0.119 e. The molecule has 0 spiro atoms. The second-order valence-corrected chi connectivity index (χ2v) is 3.49. The van der Waals surface area contributed by atoms with Crippen LogP contribution in [0.15, 0.2) is 48.7 Å². The zero-order valence-electron chi connectivity index (χ0n) is 8.97. The first-order chi connectivity index (χ1) is 7.84. The van der Waals surface area contributed by atoms with Gasteiger partial charge in [-0.05, 0) is 36.8 Å². The molecule has 0 aliphatic heterocycles. The van der Waals surface area contributed by atoms with Gasteiger partial charge in [0.1, 0.15) is 5.75 Å². The van der Waals surface area contributed by atoms with Crippen molar-refractivity contribution in [3.05, 3.63) is 66.8 Å². The molecule has 0 amide bonds. The molecule has 0 saturated carbocycles. The summed E-state index contributed by atoms with van der Waals surface area (Å²) in [5, 5.41) is 0. The third-order valence-corrected chi connectivity index (χ3v) is 2.21. The number of aromatic nitrogens is 1. The van der Waals surface area contributed by atoms with Crippen LogP contribution in [0.5, 0.6) is 5.75 Å². The standard InChI is InChI=1S/C14H13NO/c1-12-5-4-7-14(11-12)16-10-8-13-6-2-3-9-15-13/h1-7,9,11H,8,10H2. The van der Waals surface area contributed by atoms with E-state index in [4.69, 9.17) is 11.7 Å². The third-order valence-electron chi connectivity index (χ3n) is 2.21. The van der Waals surface area contributed by atoms with Crippen molar-refractivity contribution in [2.24, 2.45) is 0 Å². The number of ether oxygens (including phenoxy) is 1. The lowest BCUT2D eigenvalue weighted by Gasteiger charge is -2.06. The molecule has 0 aliphatic carbocycles. The molecule has 1 aromatic carbocycles. The highest BCUT2D eigenvalue weighted by atomic mass is 16.5. The van der Waals surface area contributed by atoms with E-state index < -0.39 is 0 Å². The maximum absolute atomic E-state index is 5.65. The minimum Gasteiger partial charge on any atom is -0.493 e. The Balaban J connectivity index is 1.85. The first-order valence-electron chi connectivity index (χ1n) is 5.23. The lowest BCUT2D eigenvalue weighted by atomic mass is 10.2. The summed E-state index contributed by atoms with van der Waals surface area (Å²) in [6, 6.07) is 13.3. The number of pyridine rings is 1. The van der Waals surface area contributed by atoms with Gasteiger partial charge in [0, 0.05) is 18.3 Å². The van der Waals surface area contributed by atoms with Crippen molar-refractivity contribution in [3.8, 4) is 5.75 Å². The molecule has 2 aromatic rings. The summed E-state index contributed by atoms with van der Waals surface area (Å²) in [7, 11) is 0. The van der Waals surface area contributed by atoms with Gasteiger partial charge in [-0.2, -0.15) is 0 Å². The van der Waals surface area contributed by atoms with Gasteiger partial charge < -0.3 is 4.74 Å². The quantitative estimate of drug-likeness (QED) is 0.775. The zero-order chi connectivity index (χ0) is 11.2. The fourth-order valence-corrected chi connectivity index (χ4v) is 1.42. The molecule has 16 heavy (non-hydrogen) atoms. The second kappa shape index (κ2) is 5.31. The normalized spacial score (nSPS) is 10.1. The number of benzene rings is 1. The molecule has 2 radical (unpaired) electrons. The van der Waals surface area contributed by atoms with Crippen molar-refractivity contribution < 1.29 is 4.74 Å². The van der Waals surface area contributed by atoms with Crippen LogP contribution in [0.3, 0.4) is 0 Å². The van der Waals surface area contributed by atoms with Crippen molar-refractivity contribution in [1.29, 1.82) is 0 Å². The van der Waals surface area contributed by atoms with E-state index in [1.165, 1.54) is 0 Å². The minimum absolute atomic E-state index is 0.612. The Labute approximate surface area is 95.9 Å². The van der Waals surface area contributed by atoms with Crippen molar-refractivity contribution in [2.75, 3.05) is 6.61 Å². The van der Waals surface area contributed by atoms with Crippen LogP contribution in [0.2, 0.25) is 0 Å². The molecule has 0 atom stereocenters. The van der Waals surface area contributed by atoms with Gasteiger partial charge in [-0.15, -0.1) is 0 Å². The minimum atomic E-state index is 0.612. The molecule has 0 aliphatic rings. The van der Waals surface area contributed by atoms with E-state index in [1.54, 1.807) is 6.20 Å². The number of hydrogen-bond donors (Lipinski definition) is 0. The number of nitrogens with zero attached hydrogens (tertiary/aromatic N) is 1. The number of hydrogen-bond acceptors (Lipinski definition) is 2. The predicted octanol–water partition coefficient (Wildman–Crippen LogP) is 2.76. The first-order valence-corrected chi connectivity index (χ1v) is 5.23. The highest BCUT2D eigenvalue weighted by Crippen LogP contribution is 2.12. The molecule has 2 rings (SSSR count). The Kier molecular flexibility index (Phi) is 3.54. The average Bonchev–Trinajstić information content (AvgIpc) is 2.30. The van der Waals surface area contributed by atoms with Crippen LogP contribution in [0.25, 0.3) is 0 Å². The van der Waals surface area contributed by atoms with E-state index in [0.717, 1.165) is 23.4 Å². The van der Waals surface area contributed by atoms with E-state index in [9.17, 15) is 0 Å². The SMILES string of the molecule is [CH]c1cccc(OCCc2ccccn2)c1. The van der Waals surface area contributed by atoms with Crippen molar-refractivity contribution in [1.82, 2.24) is 4.98 Å². The van der Waals surface area contributed by atoms with Crippen LogP contribution >= 0.6 is 0 Å². The van der Waals surface area contributed by atoms with E-state index in [0.29, 0.717) is 6.61 Å². The zero-order valence-corrected chi connectivity index (χ0v) is 8.97. The summed E-state index contributed by atoms with van der Waals surface area (Å²) in [6.07, 6.45) is 2.59. The Morgan fingerprint density at radius 2 is 2.06 bits per heavy atom. The summed E-state index contributed by atoms with van der Waals surface area (Å²) < 4.78 is 5.57. The van der Waals surface area contributed by atoms with Gasteiger partial charge >= 0.3 is 0 Å². The molecule has 0 N–H and O–H groups in total. The van der Waals surface area contributed by atoms with Gasteiger partial charge in [0.2, 0.25) is 0 Å². The lowest BCUT2D eigenvalue weighted by Crippen LogP contribution is -2.02. The fraction of sp³-hybridized carbons (Fsp3) is 0.143. The maximum Gasteiger partial charge on any atom is 0.119 e. The van der Waals surface area contributed by atoms with E-state index in [2.05, 4.69) is 4.98 Å². The summed E-state index contributed by atoms with van der Waals surface area (Å²) in [5.74, 6) is 0.802. The van der Waals surface area contributed by atoms with Gasteiger partial charge in [-0.1, -0.05) is 18.2 Å². The average molecular weight is 211 g/mol. The monoisotopic (exact) mass is 211 g/mol. The van der Waals surface area contributed by atoms with Crippen LogP contribution in [0, 0.1) is 6.92 Å². The highest BCUT2D eigenvalue weighted by molar-refractivity contribution is 5.29. The van der Waals surface area contributed by atoms with E-state index in [-0.39, 0.29) is 0 Å². The molecule has 0 saturated heterocycles. The highest BCUT2D eigenvalue weighted by Gasteiger charge is 1.96. The Morgan fingerprint density at radius 3 is 2.81 bits per heavy atom. The van der Waals surface area contributed by atoms with Gasteiger partial charge in [-0.3, -0.25) is 4.98 Å². The fourth-order valence-electron chi connectivity index (χ4n) is 1.42. The number of rotatable bonds is 4. The summed E-state index contributed by atoms with van der Waals surface area (Å²) >= 11 is 0. The van der Waals surface area contributed by atoms with E-state index >= 15 is 0 Å². The molecule has 1 aromatic heterocycles. The first kappa shape index (κ1) is 10.7. The van der Waals surface area contributed by atoms with Crippen molar-refractivity contribution >= 4 is 0 Å². The molecule has 80 valence electrons. The van der Waals surface area contributed by atoms with Crippen LogP contribution in [-0.2, 0) is 6.42 Å². The van der Waals surface area contributed by atoms with Gasteiger partial charge in [0.05, 0.1) is 6.61 Å². The molecule has 1 heterocycles. The van der Waals surface area contributed by atoms with Crippen LogP contribution < -0.4 is 4.74 Å².